The lowest BCUT2D eigenvalue weighted by molar-refractivity contribution is 0.144. The zero-order valence-electron chi connectivity index (χ0n) is 10.2. The molecule has 16 heavy (non-hydrogen) atoms. The highest BCUT2D eigenvalue weighted by Gasteiger charge is 2.25. The molecular weight excluding hydrogens is 198 g/mol. The molecule has 0 radical (unpaired) electrons. The van der Waals surface area contributed by atoms with Crippen LogP contribution in [0.1, 0.15) is 37.8 Å². The summed E-state index contributed by atoms with van der Waals surface area (Å²) in [5, 5.41) is 13.5. The van der Waals surface area contributed by atoms with Gasteiger partial charge in [0.2, 0.25) is 0 Å². The number of rotatable bonds is 3. The Morgan fingerprint density at radius 1 is 1.38 bits per heavy atom. The lowest BCUT2D eigenvalue weighted by Crippen LogP contribution is -2.39. The zero-order chi connectivity index (χ0) is 11.5. The van der Waals surface area contributed by atoms with Gasteiger partial charge in [0.25, 0.3) is 0 Å². The van der Waals surface area contributed by atoms with Gasteiger partial charge in [-0.05, 0) is 30.0 Å². The maximum Gasteiger partial charge on any atom is 0.0782 e. The third-order valence-corrected chi connectivity index (χ3v) is 3.41. The Morgan fingerprint density at radius 3 is 2.88 bits per heavy atom. The maximum absolute atomic E-state index is 10.0. The van der Waals surface area contributed by atoms with Crippen molar-refractivity contribution in [3.05, 3.63) is 29.3 Å². The largest absolute Gasteiger partial charge is 0.391 e. The third-order valence-electron chi connectivity index (χ3n) is 3.41. The molecule has 0 fully saturated rings. The molecule has 2 heteroatoms. The molecule has 0 amide bonds. The number of aryl methyl sites for hydroxylation is 1. The Labute approximate surface area is 97.7 Å². The molecule has 88 valence electrons. The molecule has 0 aliphatic carbocycles. The fourth-order valence-electron chi connectivity index (χ4n) is 2.42. The average Bonchev–Trinajstić information content (AvgIpc) is 2.30. The van der Waals surface area contributed by atoms with Gasteiger partial charge >= 0.3 is 0 Å². The van der Waals surface area contributed by atoms with E-state index in [9.17, 15) is 5.11 Å². The molecule has 2 N–H and O–H groups in total. The molecule has 0 aromatic heterocycles. The molecule has 1 aromatic rings. The number of hydrogen-bond acceptors (Lipinski definition) is 2. The van der Waals surface area contributed by atoms with Crippen molar-refractivity contribution in [3.63, 3.8) is 0 Å². The lowest BCUT2D eigenvalue weighted by atomic mass is 9.91. The van der Waals surface area contributed by atoms with Crippen LogP contribution in [0.3, 0.4) is 0 Å². The summed E-state index contributed by atoms with van der Waals surface area (Å²) in [7, 11) is 0. The van der Waals surface area contributed by atoms with Crippen molar-refractivity contribution < 1.29 is 5.11 Å². The first-order valence-electron chi connectivity index (χ1n) is 6.31. The van der Waals surface area contributed by atoms with Crippen LogP contribution in [0.25, 0.3) is 0 Å². The van der Waals surface area contributed by atoms with Gasteiger partial charge in [0.15, 0.2) is 0 Å². The average molecular weight is 219 g/mol. The molecule has 1 aliphatic heterocycles. The van der Waals surface area contributed by atoms with E-state index in [2.05, 4.69) is 37.4 Å². The van der Waals surface area contributed by atoms with E-state index in [1.165, 1.54) is 16.8 Å². The smallest absolute Gasteiger partial charge is 0.0782 e. The van der Waals surface area contributed by atoms with Crippen LogP contribution in [-0.4, -0.2) is 17.3 Å². The summed E-state index contributed by atoms with van der Waals surface area (Å²) in [6.07, 6.45) is 3.76. The maximum atomic E-state index is 10.0. The summed E-state index contributed by atoms with van der Waals surface area (Å²) in [6.45, 7) is 4.32. The van der Waals surface area contributed by atoms with Gasteiger partial charge in [-0.15, -0.1) is 0 Å². The van der Waals surface area contributed by atoms with Crippen LogP contribution < -0.4 is 5.32 Å². The summed E-state index contributed by atoms with van der Waals surface area (Å²) in [4.78, 5) is 0. The molecular formula is C14H21NO. The molecule has 2 unspecified atom stereocenters. The van der Waals surface area contributed by atoms with Crippen molar-refractivity contribution in [2.45, 2.75) is 51.7 Å². The third kappa shape index (κ3) is 2.22. The van der Waals surface area contributed by atoms with Crippen molar-refractivity contribution in [2.24, 2.45) is 0 Å². The molecule has 0 saturated carbocycles. The first kappa shape index (κ1) is 11.5. The van der Waals surface area contributed by atoms with E-state index in [-0.39, 0.29) is 12.1 Å². The molecule has 2 atom stereocenters. The van der Waals surface area contributed by atoms with Crippen molar-refractivity contribution >= 4 is 5.69 Å². The van der Waals surface area contributed by atoms with Crippen molar-refractivity contribution in [2.75, 3.05) is 5.32 Å². The molecule has 1 aromatic carbocycles. The number of hydrogen-bond donors (Lipinski definition) is 2. The van der Waals surface area contributed by atoms with Crippen LogP contribution in [0.5, 0.6) is 0 Å². The van der Waals surface area contributed by atoms with Crippen LogP contribution in [0.2, 0.25) is 0 Å². The fourth-order valence-corrected chi connectivity index (χ4v) is 2.42. The van der Waals surface area contributed by atoms with Crippen LogP contribution >= 0.6 is 0 Å². The number of aliphatic hydroxyl groups excluding tert-OH is 1. The van der Waals surface area contributed by atoms with Crippen LogP contribution in [0, 0.1) is 0 Å². The minimum Gasteiger partial charge on any atom is -0.391 e. The van der Waals surface area contributed by atoms with Gasteiger partial charge in [-0.25, -0.2) is 0 Å². The number of anilines is 1. The van der Waals surface area contributed by atoms with E-state index in [0.29, 0.717) is 0 Å². The Balaban J connectivity index is 2.20. The number of nitrogens with one attached hydrogen (secondary N) is 1. The van der Waals surface area contributed by atoms with E-state index in [1.807, 2.05) is 0 Å². The second-order valence-electron chi connectivity index (χ2n) is 4.66. The summed E-state index contributed by atoms with van der Waals surface area (Å²) in [5.41, 5.74) is 3.82. The van der Waals surface area contributed by atoms with Gasteiger partial charge in [-0.2, -0.15) is 0 Å². The lowest BCUT2D eigenvalue weighted by Gasteiger charge is -2.31. The standard InChI is InChI=1S/C14H21NO/c1-3-5-13-14(16)9-11-8-10(4-2)6-7-12(11)15-13/h6-8,13-16H,3-5,9H2,1-2H3. The predicted molar refractivity (Wildman–Crippen MR) is 67.8 cm³/mol. The number of fused-ring (bicyclic) bond motifs is 1. The van der Waals surface area contributed by atoms with Gasteiger partial charge in [-0.1, -0.05) is 32.4 Å². The highest BCUT2D eigenvalue weighted by Crippen LogP contribution is 2.27. The van der Waals surface area contributed by atoms with E-state index in [1.54, 1.807) is 0 Å². The molecule has 0 saturated heterocycles. The predicted octanol–water partition coefficient (Wildman–Crippen LogP) is 2.75. The van der Waals surface area contributed by atoms with Crippen LogP contribution in [-0.2, 0) is 12.8 Å². The van der Waals surface area contributed by atoms with Gasteiger partial charge in [0.05, 0.1) is 12.1 Å². The topological polar surface area (TPSA) is 32.3 Å². The van der Waals surface area contributed by atoms with Gasteiger partial charge in [-0.3, -0.25) is 0 Å². The van der Waals surface area contributed by atoms with Gasteiger partial charge in [0, 0.05) is 12.1 Å². The summed E-state index contributed by atoms with van der Waals surface area (Å²) in [5.74, 6) is 0. The quantitative estimate of drug-likeness (QED) is 0.819. The van der Waals surface area contributed by atoms with Crippen LogP contribution in [0.4, 0.5) is 5.69 Å². The molecule has 1 aliphatic rings. The molecule has 2 rings (SSSR count). The second kappa shape index (κ2) is 4.88. The van der Waals surface area contributed by atoms with Crippen molar-refractivity contribution in [3.8, 4) is 0 Å². The highest BCUT2D eigenvalue weighted by molar-refractivity contribution is 5.56. The molecule has 0 bridgehead atoms. The minimum absolute atomic E-state index is 0.227. The molecule has 1 heterocycles. The van der Waals surface area contributed by atoms with Crippen LogP contribution in [0.15, 0.2) is 18.2 Å². The zero-order valence-corrected chi connectivity index (χ0v) is 10.2. The summed E-state index contributed by atoms with van der Waals surface area (Å²) < 4.78 is 0. The summed E-state index contributed by atoms with van der Waals surface area (Å²) >= 11 is 0. The van der Waals surface area contributed by atoms with E-state index in [4.69, 9.17) is 0 Å². The highest BCUT2D eigenvalue weighted by atomic mass is 16.3. The number of aliphatic hydroxyl groups is 1. The fraction of sp³-hybridized carbons (Fsp3) is 0.571. The first-order chi connectivity index (χ1) is 7.74. The van der Waals surface area contributed by atoms with Crippen molar-refractivity contribution in [1.29, 1.82) is 0 Å². The molecule has 2 nitrogen and oxygen atoms in total. The first-order valence-corrected chi connectivity index (χ1v) is 6.31. The normalized spacial score (nSPS) is 23.7. The summed E-state index contributed by atoms with van der Waals surface area (Å²) in [6, 6.07) is 6.77. The Kier molecular flexibility index (Phi) is 3.49. The SMILES string of the molecule is CCCC1Nc2ccc(CC)cc2CC1O. The minimum atomic E-state index is -0.237. The Morgan fingerprint density at radius 2 is 2.19 bits per heavy atom. The Hall–Kier alpha value is -1.02. The Bertz CT molecular complexity index is 362. The monoisotopic (exact) mass is 219 g/mol. The van der Waals surface area contributed by atoms with Gasteiger partial charge < -0.3 is 10.4 Å². The second-order valence-corrected chi connectivity index (χ2v) is 4.66. The van der Waals surface area contributed by atoms with E-state index < -0.39 is 0 Å². The van der Waals surface area contributed by atoms with E-state index >= 15 is 0 Å². The van der Waals surface area contributed by atoms with E-state index in [0.717, 1.165) is 25.7 Å². The molecule has 0 spiro atoms. The van der Waals surface area contributed by atoms with Crippen molar-refractivity contribution in [1.82, 2.24) is 0 Å². The number of benzene rings is 1. The van der Waals surface area contributed by atoms with Gasteiger partial charge in [0.1, 0.15) is 0 Å².